The standard InChI is InChI=1S/C18H18ClN3O/c1-4-11(2)13-7-5-8-14(19)16(13)18(23)22-15-9-6-10-20-17(15)12(3)21-22/h5-11H,4H2,1-3H3. The van der Waals surface area contributed by atoms with Gasteiger partial charge in [0.2, 0.25) is 0 Å². The Kier molecular flexibility index (Phi) is 4.18. The molecule has 0 spiro atoms. The van der Waals surface area contributed by atoms with Crippen molar-refractivity contribution in [3.05, 3.63) is 58.4 Å². The summed E-state index contributed by atoms with van der Waals surface area (Å²) < 4.78 is 1.41. The predicted octanol–water partition coefficient (Wildman–Crippen LogP) is 4.60. The monoisotopic (exact) mass is 327 g/mol. The summed E-state index contributed by atoms with van der Waals surface area (Å²) in [5, 5.41) is 4.84. The van der Waals surface area contributed by atoms with Crippen molar-refractivity contribution in [3.63, 3.8) is 0 Å². The van der Waals surface area contributed by atoms with Gasteiger partial charge < -0.3 is 0 Å². The molecule has 1 atom stereocenters. The molecule has 4 nitrogen and oxygen atoms in total. The van der Waals surface area contributed by atoms with E-state index in [0.29, 0.717) is 16.1 Å². The van der Waals surface area contributed by atoms with E-state index in [2.05, 4.69) is 23.9 Å². The normalized spacial score (nSPS) is 12.5. The number of aromatic nitrogens is 3. The molecule has 0 radical (unpaired) electrons. The topological polar surface area (TPSA) is 47.8 Å². The number of aryl methyl sites for hydroxylation is 1. The molecule has 3 aromatic rings. The lowest BCUT2D eigenvalue weighted by Crippen LogP contribution is -2.17. The van der Waals surface area contributed by atoms with E-state index >= 15 is 0 Å². The Hall–Kier alpha value is -2.20. The fourth-order valence-corrected chi connectivity index (χ4v) is 3.02. The van der Waals surface area contributed by atoms with E-state index in [0.717, 1.165) is 23.2 Å². The molecular formula is C18H18ClN3O. The fraction of sp³-hybridized carbons (Fsp3) is 0.278. The number of nitrogens with zero attached hydrogens (tertiary/aromatic N) is 3. The molecule has 23 heavy (non-hydrogen) atoms. The molecule has 1 aromatic carbocycles. The Morgan fingerprint density at radius 3 is 2.83 bits per heavy atom. The van der Waals surface area contributed by atoms with Crippen molar-refractivity contribution < 1.29 is 4.79 Å². The molecule has 118 valence electrons. The summed E-state index contributed by atoms with van der Waals surface area (Å²) in [6.07, 6.45) is 2.63. The van der Waals surface area contributed by atoms with Crippen LogP contribution < -0.4 is 0 Å². The molecule has 0 aliphatic heterocycles. The molecule has 0 aliphatic carbocycles. The van der Waals surface area contributed by atoms with Gasteiger partial charge in [-0.3, -0.25) is 9.78 Å². The number of pyridine rings is 1. The van der Waals surface area contributed by atoms with Gasteiger partial charge in [-0.25, -0.2) is 0 Å². The number of hydrogen-bond acceptors (Lipinski definition) is 3. The van der Waals surface area contributed by atoms with Crippen LogP contribution in [0.25, 0.3) is 11.0 Å². The minimum atomic E-state index is -0.211. The number of carbonyl (C=O) groups is 1. The van der Waals surface area contributed by atoms with Gasteiger partial charge >= 0.3 is 0 Å². The SMILES string of the molecule is CCC(C)c1cccc(Cl)c1C(=O)n1nc(C)c2ncccc21. The van der Waals surface area contributed by atoms with Crippen molar-refractivity contribution in [1.82, 2.24) is 14.8 Å². The van der Waals surface area contributed by atoms with Crippen LogP contribution in [0.1, 0.15) is 47.8 Å². The number of rotatable bonds is 3. The highest BCUT2D eigenvalue weighted by molar-refractivity contribution is 6.34. The molecule has 0 saturated carbocycles. The summed E-state index contributed by atoms with van der Waals surface area (Å²) >= 11 is 6.36. The maximum absolute atomic E-state index is 13.1. The van der Waals surface area contributed by atoms with Crippen LogP contribution in [0.3, 0.4) is 0 Å². The lowest BCUT2D eigenvalue weighted by Gasteiger charge is -2.15. The number of halogens is 1. The third-order valence-electron chi connectivity index (χ3n) is 4.20. The van der Waals surface area contributed by atoms with Crippen LogP contribution in [0.15, 0.2) is 36.5 Å². The van der Waals surface area contributed by atoms with E-state index in [1.54, 1.807) is 18.3 Å². The lowest BCUT2D eigenvalue weighted by molar-refractivity contribution is 0.0949. The molecule has 1 unspecified atom stereocenters. The van der Waals surface area contributed by atoms with Gasteiger partial charge in [0.1, 0.15) is 5.52 Å². The number of carbonyl (C=O) groups excluding carboxylic acids is 1. The summed E-state index contributed by atoms with van der Waals surface area (Å²) in [6, 6.07) is 9.24. The first-order valence-electron chi connectivity index (χ1n) is 7.68. The first-order valence-corrected chi connectivity index (χ1v) is 8.05. The van der Waals surface area contributed by atoms with Crippen molar-refractivity contribution in [2.75, 3.05) is 0 Å². The van der Waals surface area contributed by atoms with Crippen LogP contribution in [0, 0.1) is 6.92 Å². The van der Waals surface area contributed by atoms with Gasteiger partial charge in [0.25, 0.3) is 5.91 Å². The van der Waals surface area contributed by atoms with Gasteiger partial charge in [-0.2, -0.15) is 9.78 Å². The van der Waals surface area contributed by atoms with Crippen LogP contribution in [0.5, 0.6) is 0 Å². The zero-order valence-corrected chi connectivity index (χ0v) is 14.1. The number of hydrogen-bond donors (Lipinski definition) is 0. The van der Waals surface area contributed by atoms with Crippen LogP contribution in [0.4, 0.5) is 0 Å². The quantitative estimate of drug-likeness (QED) is 0.706. The highest BCUT2D eigenvalue weighted by Gasteiger charge is 2.23. The maximum atomic E-state index is 13.1. The molecule has 3 rings (SSSR count). The summed E-state index contributed by atoms with van der Waals surface area (Å²) in [7, 11) is 0. The van der Waals surface area contributed by atoms with E-state index in [1.807, 2.05) is 25.1 Å². The minimum Gasteiger partial charge on any atom is -0.267 e. The predicted molar refractivity (Wildman–Crippen MR) is 92.2 cm³/mol. The molecule has 0 saturated heterocycles. The second-order valence-electron chi connectivity index (χ2n) is 5.69. The minimum absolute atomic E-state index is 0.211. The van der Waals surface area contributed by atoms with Crippen molar-refractivity contribution in [2.45, 2.75) is 33.1 Å². The molecule has 0 amide bonds. The van der Waals surface area contributed by atoms with E-state index < -0.39 is 0 Å². The molecule has 2 aromatic heterocycles. The Labute approximate surface area is 140 Å². The first-order chi connectivity index (χ1) is 11.0. The fourth-order valence-electron chi connectivity index (χ4n) is 2.76. The van der Waals surface area contributed by atoms with Crippen molar-refractivity contribution in [1.29, 1.82) is 0 Å². The summed E-state index contributed by atoms with van der Waals surface area (Å²) in [4.78, 5) is 17.4. The third kappa shape index (κ3) is 2.63. The lowest BCUT2D eigenvalue weighted by atomic mass is 9.93. The van der Waals surface area contributed by atoms with Gasteiger partial charge in [0, 0.05) is 6.20 Å². The van der Waals surface area contributed by atoms with Gasteiger partial charge in [-0.1, -0.05) is 37.6 Å². The highest BCUT2D eigenvalue weighted by atomic mass is 35.5. The summed E-state index contributed by atoms with van der Waals surface area (Å²) in [5.74, 6) is 0.0331. The Balaban J connectivity index is 2.21. The largest absolute Gasteiger partial charge is 0.280 e. The zero-order valence-electron chi connectivity index (χ0n) is 13.4. The summed E-state index contributed by atoms with van der Waals surface area (Å²) in [5.41, 5.74) is 3.64. The van der Waals surface area contributed by atoms with Gasteiger partial charge in [0.15, 0.2) is 0 Å². The second-order valence-corrected chi connectivity index (χ2v) is 6.09. The first kappa shape index (κ1) is 15.7. The zero-order chi connectivity index (χ0) is 16.6. The molecule has 0 fully saturated rings. The number of benzene rings is 1. The molecule has 2 heterocycles. The molecule has 0 N–H and O–H groups in total. The van der Waals surface area contributed by atoms with Crippen LogP contribution in [0.2, 0.25) is 5.02 Å². The van der Waals surface area contributed by atoms with Gasteiger partial charge in [-0.05, 0) is 43.0 Å². The molecule has 5 heteroatoms. The van der Waals surface area contributed by atoms with Crippen LogP contribution in [-0.2, 0) is 0 Å². The van der Waals surface area contributed by atoms with E-state index in [9.17, 15) is 4.79 Å². The Bertz CT molecular complexity index is 885. The van der Waals surface area contributed by atoms with E-state index in [-0.39, 0.29) is 11.8 Å². The Morgan fingerprint density at radius 1 is 1.30 bits per heavy atom. The second kappa shape index (κ2) is 6.13. The van der Waals surface area contributed by atoms with Crippen molar-refractivity contribution in [3.8, 4) is 0 Å². The van der Waals surface area contributed by atoms with Gasteiger partial charge in [-0.15, -0.1) is 0 Å². The summed E-state index contributed by atoms with van der Waals surface area (Å²) in [6.45, 7) is 6.04. The maximum Gasteiger partial charge on any atom is 0.280 e. The average Bonchev–Trinajstić information content (AvgIpc) is 2.91. The smallest absolute Gasteiger partial charge is 0.267 e. The number of fused-ring (bicyclic) bond motifs is 1. The van der Waals surface area contributed by atoms with Crippen LogP contribution >= 0.6 is 11.6 Å². The van der Waals surface area contributed by atoms with Crippen molar-refractivity contribution in [2.24, 2.45) is 0 Å². The van der Waals surface area contributed by atoms with Crippen LogP contribution in [-0.4, -0.2) is 20.7 Å². The Morgan fingerprint density at radius 2 is 2.09 bits per heavy atom. The average molecular weight is 328 g/mol. The molecule has 0 aliphatic rings. The third-order valence-corrected chi connectivity index (χ3v) is 4.52. The van der Waals surface area contributed by atoms with Crippen molar-refractivity contribution >= 4 is 28.5 Å². The van der Waals surface area contributed by atoms with E-state index in [4.69, 9.17) is 11.6 Å². The molecule has 0 bridgehead atoms. The van der Waals surface area contributed by atoms with Gasteiger partial charge in [0.05, 0.1) is 21.8 Å². The molecular weight excluding hydrogens is 310 g/mol. The highest BCUT2D eigenvalue weighted by Crippen LogP contribution is 2.29. The van der Waals surface area contributed by atoms with E-state index in [1.165, 1.54) is 4.68 Å².